The van der Waals surface area contributed by atoms with Crippen molar-refractivity contribution >= 4 is 23.4 Å². The maximum Gasteiger partial charge on any atom is 0.268 e. The van der Waals surface area contributed by atoms with Gasteiger partial charge in [0.05, 0.1) is 12.6 Å². The first-order chi connectivity index (χ1) is 18.7. The molecule has 0 aliphatic carbocycles. The number of nitrogens with one attached hydrogen (secondary N) is 4. The Balaban J connectivity index is 1.52. The largest absolute Gasteiger partial charge is 0.391 e. The summed E-state index contributed by atoms with van der Waals surface area (Å²) in [6.07, 6.45) is -1.20. The van der Waals surface area contributed by atoms with Gasteiger partial charge in [-0.3, -0.25) is 19.6 Å². The monoisotopic (exact) mass is 528 g/mol. The highest BCUT2D eigenvalue weighted by Gasteiger charge is 2.25. The molecule has 0 saturated carbocycles. The minimum Gasteiger partial charge on any atom is -0.391 e. The maximum absolute atomic E-state index is 12.4. The van der Waals surface area contributed by atoms with Crippen LogP contribution < -0.4 is 21.4 Å². The third-order valence-corrected chi connectivity index (χ3v) is 6.05. The Hall–Kier alpha value is -4.49. The van der Waals surface area contributed by atoms with E-state index in [1.165, 1.54) is 18.0 Å². The summed E-state index contributed by atoms with van der Waals surface area (Å²) < 4.78 is 0. The summed E-state index contributed by atoms with van der Waals surface area (Å²) in [5, 5.41) is 26.9. The van der Waals surface area contributed by atoms with Crippen LogP contribution in [0.3, 0.4) is 0 Å². The number of carbonyl (C=O) groups excluding carboxylic acids is 3. The van der Waals surface area contributed by atoms with E-state index in [1.54, 1.807) is 48.5 Å². The normalized spacial score (nSPS) is 12.7. The van der Waals surface area contributed by atoms with Gasteiger partial charge in [0.1, 0.15) is 6.04 Å². The van der Waals surface area contributed by atoms with E-state index in [2.05, 4.69) is 27.8 Å². The van der Waals surface area contributed by atoms with Crippen molar-refractivity contribution in [2.75, 3.05) is 11.9 Å². The fourth-order valence-electron chi connectivity index (χ4n) is 3.82. The second-order valence-corrected chi connectivity index (χ2v) is 9.08. The summed E-state index contributed by atoms with van der Waals surface area (Å²) in [6.45, 7) is 5.58. The lowest BCUT2D eigenvalue weighted by atomic mass is 10.0. The summed E-state index contributed by atoms with van der Waals surface area (Å²) in [4.78, 5) is 36.4. The van der Waals surface area contributed by atoms with Crippen molar-refractivity contribution in [1.82, 2.24) is 16.1 Å². The molecule has 3 rings (SSSR count). The van der Waals surface area contributed by atoms with Gasteiger partial charge in [-0.25, -0.2) is 5.48 Å². The average molecular weight is 529 g/mol. The Bertz CT molecular complexity index is 1360. The molecule has 9 nitrogen and oxygen atoms in total. The summed E-state index contributed by atoms with van der Waals surface area (Å²) in [7, 11) is 0. The van der Waals surface area contributed by atoms with E-state index < -0.39 is 24.0 Å². The molecule has 6 N–H and O–H groups in total. The minimum atomic E-state index is -1.30. The number of anilines is 1. The fraction of sp³-hybridized carbons (Fsp3) is 0.233. The van der Waals surface area contributed by atoms with E-state index in [-0.39, 0.29) is 24.1 Å². The van der Waals surface area contributed by atoms with E-state index in [0.717, 1.165) is 11.1 Å². The molecule has 0 saturated heterocycles. The lowest BCUT2D eigenvalue weighted by Crippen LogP contribution is -2.51. The third kappa shape index (κ3) is 8.51. The lowest BCUT2D eigenvalue weighted by Gasteiger charge is -2.19. The predicted molar refractivity (Wildman–Crippen MR) is 148 cm³/mol. The van der Waals surface area contributed by atoms with Crippen molar-refractivity contribution < 1.29 is 24.7 Å². The lowest BCUT2D eigenvalue weighted by molar-refractivity contribution is -0.133. The SMILES string of the molecule is Cc1ccccc1C(C)NCC(=O)Nc1ccc(C#Cc2ccc(C(=O)N[C@H](C(=O)NO)[C@@H](C)O)cc2)cc1. The van der Waals surface area contributed by atoms with E-state index in [1.807, 2.05) is 38.1 Å². The zero-order chi connectivity index (χ0) is 28.4. The number of rotatable bonds is 9. The van der Waals surface area contributed by atoms with E-state index >= 15 is 0 Å². The number of aryl methyl sites for hydroxylation is 1. The van der Waals surface area contributed by atoms with Crippen molar-refractivity contribution in [3.8, 4) is 11.8 Å². The van der Waals surface area contributed by atoms with Gasteiger partial charge < -0.3 is 21.1 Å². The van der Waals surface area contributed by atoms with Crippen molar-refractivity contribution in [3.63, 3.8) is 0 Å². The smallest absolute Gasteiger partial charge is 0.268 e. The van der Waals surface area contributed by atoms with Gasteiger partial charge in [-0.2, -0.15) is 0 Å². The summed E-state index contributed by atoms with van der Waals surface area (Å²) >= 11 is 0. The zero-order valence-electron chi connectivity index (χ0n) is 22.0. The first-order valence-electron chi connectivity index (χ1n) is 12.4. The minimum absolute atomic E-state index is 0.0481. The molecule has 3 aromatic carbocycles. The topological polar surface area (TPSA) is 140 Å². The number of hydrogen-bond acceptors (Lipinski definition) is 6. The molecule has 0 aromatic heterocycles. The molecule has 0 aliphatic rings. The Morgan fingerprint density at radius 3 is 2.03 bits per heavy atom. The standard InChI is InChI=1S/C30H32N4O5/c1-19-6-4-5-7-26(19)20(2)31-18-27(36)32-25-16-12-23(13-17-25)9-8-22-10-14-24(15-11-22)29(37)33-28(21(3)35)30(38)34-39/h4-7,10-17,20-21,28,31,35,39H,18H2,1-3H3,(H,32,36)(H,33,37)(H,34,38)/t20?,21-,28+/m1/s1. The number of aliphatic hydroxyl groups excluding tert-OH is 1. The van der Waals surface area contributed by atoms with Gasteiger partial charge in [-0.1, -0.05) is 36.1 Å². The van der Waals surface area contributed by atoms with Crippen LogP contribution in [0.2, 0.25) is 0 Å². The van der Waals surface area contributed by atoms with Gasteiger partial charge in [-0.15, -0.1) is 0 Å². The number of carbonyl (C=O) groups is 3. The van der Waals surface area contributed by atoms with Crippen molar-refractivity contribution in [2.45, 2.75) is 39.0 Å². The van der Waals surface area contributed by atoms with Crippen LogP contribution in [0.15, 0.2) is 72.8 Å². The van der Waals surface area contributed by atoms with Crippen LogP contribution >= 0.6 is 0 Å². The summed E-state index contributed by atoms with van der Waals surface area (Å²) in [5.41, 5.74) is 6.09. The maximum atomic E-state index is 12.4. The molecule has 9 heteroatoms. The third-order valence-electron chi connectivity index (χ3n) is 6.05. The van der Waals surface area contributed by atoms with Crippen molar-refractivity contribution in [2.24, 2.45) is 0 Å². The quantitative estimate of drug-likeness (QED) is 0.143. The highest BCUT2D eigenvalue weighted by molar-refractivity contribution is 5.97. The van der Waals surface area contributed by atoms with Gasteiger partial charge in [0, 0.05) is 28.4 Å². The van der Waals surface area contributed by atoms with Crippen molar-refractivity contribution in [1.29, 1.82) is 0 Å². The zero-order valence-corrected chi connectivity index (χ0v) is 22.0. The molecular formula is C30H32N4O5. The molecule has 3 atom stereocenters. The first-order valence-corrected chi connectivity index (χ1v) is 12.4. The second-order valence-electron chi connectivity index (χ2n) is 9.08. The van der Waals surface area contributed by atoms with Gasteiger partial charge >= 0.3 is 0 Å². The number of hydroxylamine groups is 1. The number of aliphatic hydroxyl groups is 1. The molecule has 0 aliphatic heterocycles. The van der Waals surface area contributed by atoms with Crippen LogP contribution in [-0.2, 0) is 9.59 Å². The van der Waals surface area contributed by atoms with E-state index in [0.29, 0.717) is 11.3 Å². The number of amides is 3. The van der Waals surface area contributed by atoms with Gasteiger partial charge in [0.15, 0.2) is 0 Å². The van der Waals surface area contributed by atoms with E-state index in [9.17, 15) is 19.5 Å². The predicted octanol–water partition coefficient (Wildman–Crippen LogP) is 2.67. The van der Waals surface area contributed by atoms with Gasteiger partial charge in [0.2, 0.25) is 5.91 Å². The Morgan fingerprint density at radius 1 is 0.872 bits per heavy atom. The van der Waals surface area contributed by atoms with Crippen LogP contribution in [0, 0.1) is 18.8 Å². The van der Waals surface area contributed by atoms with Gasteiger partial charge in [-0.05, 0) is 80.4 Å². The molecule has 0 heterocycles. The number of hydrogen-bond donors (Lipinski definition) is 6. The highest BCUT2D eigenvalue weighted by atomic mass is 16.5. The molecule has 0 radical (unpaired) electrons. The Labute approximate surface area is 227 Å². The van der Waals surface area contributed by atoms with Gasteiger partial charge in [0.25, 0.3) is 11.8 Å². The average Bonchev–Trinajstić information content (AvgIpc) is 2.94. The van der Waals surface area contributed by atoms with Crippen LogP contribution in [-0.4, -0.2) is 46.7 Å². The van der Waals surface area contributed by atoms with Crippen LogP contribution in [0.4, 0.5) is 5.69 Å². The fourth-order valence-corrected chi connectivity index (χ4v) is 3.82. The second kappa shape index (κ2) is 13.9. The summed E-state index contributed by atoms with van der Waals surface area (Å²) in [5.74, 6) is 4.40. The number of benzene rings is 3. The highest BCUT2D eigenvalue weighted by Crippen LogP contribution is 2.16. The molecule has 0 fully saturated rings. The molecule has 1 unspecified atom stereocenters. The Morgan fingerprint density at radius 2 is 1.46 bits per heavy atom. The van der Waals surface area contributed by atoms with Crippen LogP contribution in [0.1, 0.15) is 52.5 Å². The first kappa shape index (κ1) is 29.1. The van der Waals surface area contributed by atoms with Crippen LogP contribution in [0.25, 0.3) is 0 Å². The molecule has 0 spiro atoms. The molecule has 39 heavy (non-hydrogen) atoms. The molecule has 0 bridgehead atoms. The summed E-state index contributed by atoms with van der Waals surface area (Å²) in [6, 6.07) is 20.4. The molecule has 3 aromatic rings. The molecule has 3 amide bonds. The van der Waals surface area contributed by atoms with E-state index in [4.69, 9.17) is 5.21 Å². The van der Waals surface area contributed by atoms with Crippen LogP contribution in [0.5, 0.6) is 0 Å². The Kier molecular flexibility index (Phi) is 10.3. The molecule has 202 valence electrons. The van der Waals surface area contributed by atoms with Crippen molar-refractivity contribution in [3.05, 3.63) is 101 Å². The molecular weight excluding hydrogens is 496 g/mol.